The van der Waals surface area contributed by atoms with Gasteiger partial charge in [0.2, 0.25) is 5.91 Å². The number of alkyl halides is 3. The fourth-order valence-electron chi connectivity index (χ4n) is 3.52. The summed E-state index contributed by atoms with van der Waals surface area (Å²) in [5, 5.41) is 2.89. The van der Waals surface area contributed by atoms with E-state index in [1.54, 1.807) is 4.90 Å². The van der Waals surface area contributed by atoms with Crippen molar-refractivity contribution in [1.29, 1.82) is 0 Å². The van der Waals surface area contributed by atoms with Crippen molar-refractivity contribution in [2.75, 3.05) is 24.6 Å². The van der Waals surface area contributed by atoms with Crippen molar-refractivity contribution >= 4 is 17.6 Å². The number of benzene rings is 1. The highest BCUT2D eigenvalue weighted by Crippen LogP contribution is 2.32. The molecule has 7 nitrogen and oxygen atoms in total. The maximum absolute atomic E-state index is 12.7. The van der Waals surface area contributed by atoms with Gasteiger partial charge in [0.15, 0.2) is 0 Å². The largest absolute Gasteiger partial charge is 0.573 e. The van der Waals surface area contributed by atoms with E-state index in [0.717, 1.165) is 6.42 Å². The molecule has 0 saturated carbocycles. The van der Waals surface area contributed by atoms with Gasteiger partial charge in [-0.15, -0.1) is 13.2 Å². The van der Waals surface area contributed by atoms with Crippen LogP contribution in [0.1, 0.15) is 26.7 Å². The molecule has 2 saturated heterocycles. The number of ether oxygens (including phenoxy) is 2. The monoisotopic (exact) mass is 415 g/mol. The summed E-state index contributed by atoms with van der Waals surface area (Å²) in [5.41, 5.74) is 0.501. The highest BCUT2D eigenvalue weighted by molar-refractivity contribution is 5.95. The predicted octanol–water partition coefficient (Wildman–Crippen LogP) is 2.90. The first kappa shape index (κ1) is 21.2. The number of nitrogens with zero attached hydrogens (tertiary/aromatic N) is 2. The van der Waals surface area contributed by atoms with Crippen LogP contribution in [0.25, 0.3) is 0 Å². The van der Waals surface area contributed by atoms with E-state index < -0.39 is 6.36 Å². The molecule has 0 aliphatic carbocycles. The second-order valence-electron chi connectivity index (χ2n) is 7.27. The zero-order valence-corrected chi connectivity index (χ0v) is 16.2. The number of anilines is 1. The molecule has 3 atom stereocenters. The number of nitrogens with one attached hydrogen (secondary N) is 1. The number of rotatable bonds is 7. The molecule has 0 spiro atoms. The summed E-state index contributed by atoms with van der Waals surface area (Å²) in [6.07, 6.45) is -3.31. The molecular weight excluding hydrogens is 391 g/mol. The van der Waals surface area contributed by atoms with Gasteiger partial charge in [0.05, 0.1) is 12.1 Å². The van der Waals surface area contributed by atoms with Gasteiger partial charge in [-0.2, -0.15) is 0 Å². The molecule has 2 heterocycles. The van der Waals surface area contributed by atoms with Crippen molar-refractivity contribution in [1.82, 2.24) is 10.2 Å². The summed E-state index contributed by atoms with van der Waals surface area (Å²) in [6.45, 7) is 4.66. The Kier molecular flexibility index (Phi) is 6.21. The number of hydrogen-bond donors (Lipinski definition) is 1. The second kappa shape index (κ2) is 8.48. The molecule has 1 aromatic rings. The Morgan fingerprint density at radius 3 is 2.55 bits per heavy atom. The highest BCUT2D eigenvalue weighted by atomic mass is 19.4. The van der Waals surface area contributed by atoms with Crippen molar-refractivity contribution in [3.63, 3.8) is 0 Å². The Hall–Kier alpha value is -2.49. The van der Waals surface area contributed by atoms with E-state index in [1.165, 1.54) is 29.2 Å². The number of halogens is 3. The zero-order valence-electron chi connectivity index (χ0n) is 16.2. The van der Waals surface area contributed by atoms with Gasteiger partial charge in [0.25, 0.3) is 0 Å². The average Bonchev–Trinajstić information content (AvgIpc) is 3.18. The van der Waals surface area contributed by atoms with Crippen LogP contribution >= 0.6 is 0 Å². The van der Waals surface area contributed by atoms with Gasteiger partial charge in [-0.1, -0.05) is 6.92 Å². The van der Waals surface area contributed by atoms with Crippen LogP contribution in [0.4, 0.5) is 23.7 Å². The van der Waals surface area contributed by atoms with Crippen molar-refractivity contribution < 1.29 is 32.2 Å². The number of fused-ring (bicyclic) bond motifs is 1. The van der Waals surface area contributed by atoms with Gasteiger partial charge in [-0.05, 0) is 44.0 Å². The van der Waals surface area contributed by atoms with E-state index in [1.807, 2.05) is 13.8 Å². The van der Waals surface area contributed by atoms with E-state index in [0.29, 0.717) is 25.2 Å². The standard InChI is InChI=1S/C19H24F3N3O4/c1-3-12(2)28-11-17(26)23-13-8-15-10-25(18(27)24(15)9-13)14-4-6-16(7-5-14)29-19(20,21)22/h4-7,12-13,15H,3,8-11H2,1-2H3,(H,23,26)/t12?,13-,15+/m1/s1. The maximum atomic E-state index is 12.7. The normalized spacial score (nSPS) is 22.6. The van der Waals surface area contributed by atoms with Gasteiger partial charge in [-0.25, -0.2) is 4.79 Å². The molecule has 2 aliphatic heterocycles. The van der Waals surface area contributed by atoms with Crippen molar-refractivity contribution in [3.8, 4) is 5.75 Å². The Balaban J connectivity index is 1.52. The quantitative estimate of drug-likeness (QED) is 0.744. The Labute approximate surface area is 166 Å². The first-order valence-corrected chi connectivity index (χ1v) is 9.51. The van der Waals surface area contributed by atoms with Crippen molar-refractivity contribution in [2.24, 2.45) is 0 Å². The molecule has 0 bridgehead atoms. The van der Waals surface area contributed by atoms with Crippen LogP contribution in [0.3, 0.4) is 0 Å². The number of urea groups is 1. The van der Waals surface area contributed by atoms with Gasteiger partial charge in [-0.3, -0.25) is 9.69 Å². The molecule has 3 amide bonds. The summed E-state index contributed by atoms with van der Waals surface area (Å²) in [5.74, 6) is -0.545. The van der Waals surface area contributed by atoms with Gasteiger partial charge >= 0.3 is 12.4 Å². The first-order chi connectivity index (χ1) is 13.7. The number of carbonyl (C=O) groups excluding carboxylic acids is 2. The van der Waals surface area contributed by atoms with E-state index in [-0.39, 0.29) is 42.5 Å². The van der Waals surface area contributed by atoms with Crippen LogP contribution < -0.4 is 15.0 Å². The van der Waals surface area contributed by atoms with Crippen LogP contribution in [-0.2, 0) is 9.53 Å². The lowest BCUT2D eigenvalue weighted by molar-refractivity contribution is -0.274. The molecule has 29 heavy (non-hydrogen) atoms. The molecule has 10 heteroatoms. The zero-order chi connectivity index (χ0) is 21.2. The summed E-state index contributed by atoms with van der Waals surface area (Å²) in [7, 11) is 0. The lowest BCUT2D eigenvalue weighted by Crippen LogP contribution is -2.42. The second-order valence-corrected chi connectivity index (χ2v) is 7.27. The SMILES string of the molecule is CCC(C)OCC(=O)N[C@@H]1C[C@H]2CN(c3ccc(OC(F)(F)F)cc3)C(=O)N2C1. The molecule has 2 fully saturated rings. The van der Waals surface area contributed by atoms with Crippen LogP contribution in [-0.4, -0.2) is 61.1 Å². The van der Waals surface area contributed by atoms with Gasteiger partial charge in [0, 0.05) is 24.8 Å². The minimum absolute atomic E-state index is 0.00974. The lowest BCUT2D eigenvalue weighted by Gasteiger charge is -2.20. The van der Waals surface area contributed by atoms with Crippen LogP contribution in [0.5, 0.6) is 5.75 Å². The number of hydrogen-bond acceptors (Lipinski definition) is 4. The maximum Gasteiger partial charge on any atom is 0.573 e. The average molecular weight is 415 g/mol. The molecule has 0 radical (unpaired) electrons. The first-order valence-electron chi connectivity index (χ1n) is 9.51. The fourth-order valence-corrected chi connectivity index (χ4v) is 3.52. The van der Waals surface area contributed by atoms with E-state index in [9.17, 15) is 22.8 Å². The minimum Gasteiger partial charge on any atom is -0.406 e. The molecule has 1 unspecified atom stereocenters. The number of amides is 3. The summed E-state index contributed by atoms with van der Waals surface area (Å²) < 4.78 is 46.0. The van der Waals surface area contributed by atoms with Crippen molar-refractivity contribution in [2.45, 2.75) is 51.2 Å². The highest BCUT2D eigenvalue weighted by Gasteiger charge is 2.45. The van der Waals surface area contributed by atoms with Crippen LogP contribution in [0, 0.1) is 0 Å². The van der Waals surface area contributed by atoms with E-state index in [2.05, 4.69) is 10.1 Å². The third kappa shape index (κ3) is 5.31. The molecule has 160 valence electrons. The van der Waals surface area contributed by atoms with E-state index >= 15 is 0 Å². The molecular formula is C19H24F3N3O4. The molecule has 1 aromatic carbocycles. The molecule has 2 aliphatic rings. The van der Waals surface area contributed by atoms with Crippen LogP contribution in [0.2, 0.25) is 0 Å². The Morgan fingerprint density at radius 2 is 1.97 bits per heavy atom. The molecule has 0 aromatic heterocycles. The summed E-state index contributed by atoms with van der Waals surface area (Å²) >= 11 is 0. The molecule has 3 rings (SSSR count). The Bertz CT molecular complexity index is 741. The van der Waals surface area contributed by atoms with Crippen molar-refractivity contribution in [3.05, 3.63) is 24.3 Å². The summed E-state index contributed by atoms with van der Waals surface area (Å²) in [4.78, 5) is 27.9. The Morgan fingerprint density at radius 1 is 1.28 bits per heavy atom. The van der Waals surface area contributed by atoms with E-state index in [4.69, 9.17) is 4.74 Å². The lowest BCUT2D eigenvalue weighted by atomic mass is 10.1. The van der Waals surface area contributed by atoms with Gasteiger partial charge in [0.1, 0.15) is 12.4 Å². The smallest absolute Gasteiger partial charge is 0.406 e. The fraction of sp³-hybridized carbons (Fsp3) is 0.579. The molecule has 1 N–H and O–H groups in total. The predicted molar refractivity (Wildman–Crippen MR) is 98.6 cm³/mol. The van der Waals surface area contributed by atoms with Crippen LogP contribution in [0.15, 0.2) is 24.3 Å². The minimum atomic E-state index is -4.76. The topological polar surface area (TPSA) is 71.1 Å². The third-order valence-electron chi connectivity index (χ3n) is 5.11. The number of carbonyl (C=O) groups is 2. The van der Waals surface area contributed by atoms with Gasteiger partial charge < -0.3 is 19.7 Å². The summed E-state index contributed by atoms with van der Waals surface area (Å²) in [6, 6.07) is 4.78. The third-order valence-corrected chi connectivity index (χ3v) is 5.11.